The van der Waals surface area contributed by atoms with Crippen LogP contribution in [0.4, 0.5) is 0 Å². The molecule has 2 aliphatic heterocycles. The van der Waals surface area contributed by atoms with Crippen LogP contribution in [-0.4, -0.2) is 29.6 Å². The molecule has 7 atom stereocenters. The van der Waals surface area contributed by atoms with E-state index in [0.717, 1.165) is 24.0 Å². The molecule has 0 spiro atoms. The lowest BCUT2D eigenvalue weighted by atomic mass is 9.41. The molecule has 0 aromatic rings. The SMILES string of the molecule is CC1=CC(=O)C[C@]2(C)[C@H]3C[C@@H]4O[C@]4(C)C4=CC(=O)O[C@H](C[C@@H]12)[C@@]43C. The van der Waals surface area contributed by atoms with E-state index in [4.69, 9.17) is 9.47 Å². The van der Waals surface area contributed by atoms with Gasteiger partial charge in [0.25, 0.3) is 0 Å². The first-order valence-corrected chi connectivity index (χ1v) is 9.01. The van der Waals surface area contributed by atoms with Gasteiger partial charge in [0.15, 0.2) is 5.78 Å². The minimum atomic E-state index is -0.310. The van der Waals surface area contributed by atoms with Crippen LogP contribution >= 0.6 is 0 Å². The second-order valence-corrected chi connectivity index (χ2v) is 9.09. The lowest BCUT2D eigenvalue weighted by molar-refractivity contribution is -0.179. The summed E-state index contributed by atoms with van der Waals surface area (Å²) in [7, 11) is 0. The van der Waals surface area contributed by atoms with Crippen molar-refractivity contribution in [1.82, 2.24) is 0 Å². The van der Waals surface area contributed by atoms with Crippen molar-refractivity contribution in [3.8, 4) is 0 Å². The summed E-state index contributed by atoms with van der Waals surface area (Å²) in [5, 5.41) is 0. The van der Waals surface area contributed by atoms with Crippen LogP contribution in [0, 0.1) is 22.7 Å². The van der Waals surface area contributed by atoms with Gasteiger partial charge in [0, 0.05) is 17.9 Å². The summed E-state index contributed by atoms with van der Waals surface area (Å²) in [5.41, 5.74) is 1.64. The molecule has 4 nitrogen and oxygen atoms in total. The van der Waals surface area contributed by atoms with Crippen LogP contribution in [0.5, 0.6) is 0 Å². The topological polar surface area (TPSA) is 55.9 Å². The van der Waals surface area contributed by atoms with Crippen molar-refractivity contribution in [2.75, 3.05) is 0 Å². The smallest absolute Gasteiger partial charge is 0.331 e. The molecule has 0 bridgehead atoms. The molecule has 5 aliphatic rings. The molecule has 2 saturated carbocycles. The Morgan fingerprint density at radius 3 is 2.58 bits per heavy atom. The fourth-order valence-electron chi connectivity index (χ4n) is 6.77. The van der Waals surface area contributed by atoms with Gasteiger partial charge >= 0.3 is 5.97 Å². The van der Waals surface area contributed by atoms with Crippen LogP contribution in [-0.2, 0) is 19.1 Å². The van der Waals surface area contributed by atoms with Crippen LogP contribution in [0.2, 0.25) is 0 Å². The number of allylic oxidation sites excluding steroid dienone is 2. The molecule has 0 radical (unpaired) electrons. The second kappa shape index (κ2) is 4.04. The van der Waals surface area contributed by atoms with Gasteiger partial charge in [-0.2, -0.15) is 0 Å². The molecule has 2 heterocycles. The van der Waals surface area contributed by atoms with E-state index in [0.29, 0.717) is 18.3 Å². The van der Waals surface area contributed by atoms with Gasteiger partial charge in [-0.25, -0.2) is 4.79 Å². The summed E-state index contributed by atoms with van der Waals surface area (Å²) in [5.74, 6) is 0.590. The van der Waals surface area contributed by atoms with E-state index in [-0.39, 0.29) is 40.4 Å². The monoisotopic (exact) mass is 328 g/mol. The Balaban J connectivity index is 1.71. The Kier molecular flexibility index (Phi) is 2.50. The molecule has 5 rings (SSSR count). The highest BCUT2D eigenvalue weighted by molar-refractivity contribution is 5.92. The molecule has 0 aromatic carbocycles. The van der Waals surface area contributed by atoms with Crippen molar-refractivity contribution in [3.63, 3.8) is 0 Å². The number of ketones is 1. The number of rotatable bonds is 0. The Morgan fingerprint density at radius 2 is 1.83 bits per heavy atom. The van der Waals surface area contributed by atoms with E-state index in [9.17, 15) is 9.59 Å². The molecule has 0 aromatic heterocycles. The third-order valence-electron chi connectivity index (χ3n) is 7.96. The number of fused-ring (bicyclic) bond motifs is 4. The van der Waals surface area contributed by atoms with Crippen LogP contribution in [0.1, 0.15) is 47.0 Å². The number of ether oxygens (including phenoxy) is 2. The van der Waals surface area contributed by atoms with Crippen LogP contribution in [0.25, 0.3) is 0 Å². The van der Waals surface area contributed by atoms with E-state index in [1.165, 1.54) is 0 Å². The number of esters is 1. The Labute approximate surface area is 142 Å². The Morgan fingerprint density at radius 1 is 1.08 bits per heavy atom. The van der Waals surface area contributed by atoms with E-state index in [2.05, 4.69) is 27.7 Å². The molecule has 24 heavy (non-hydrogen) atoms. The predicted octanol–water partition coefficient (Wildman–Crippen LogP) is 2.97. The molecule has 128 valence electrons. The Hall–Kier alpha value is -1.42. The largest absolute Gasteiger partial charge is 0.458 e. The van der Waals surface area contributed by atoms with Crippen LogP contribution in [0.15, 0.2) is 23.3 Å². The third kappa shape index (κ3) is 1.50. The number of hydrogen-bond acceptors (Lipinski definition) is 4. The zero-order chi connectivity index (χ0) is 17.1. The van der Waals surface area contributed by atoms with Gasteiger partial charge < -0.3 is 9.47 Å². The van der Waals surface area contributed by atoms with Crippen molar-refractivity contribution < 1.29 is 19.1 Å². The van der Waals surface area contributed by atoms with Crippen molar-refractivity contribution in [3.05, 3.63) is 23.3 Å². The molecular weight excluding hydrogens is 304 g/mol. The van der Waals surface area contributed by atoms with Gasteiger partial charge in [0.05, 0.1) is 6.10 Å². The standard InChI is InChI=1S/C20H24O4/c1-10-5-11(21)9-18(2)12(10)6-15-19(3)13(18)7-16-20(4,24-16)14(19)8-17(22)23-15/h5,8,12-13,15-16H,6-7,9H2,1-4H3/t12-,13+,15+,16-,18-,19+,20+/m0/s1. The number of epoxide rings is 1. The summed E-state index contributed by atoms with van der Waals surface area (Å²) in [6, 6.07) is 0. The molecule has 0 amide bonds. The zero-order valence-corrected chi connectivity index (χ0v) is 14.7. The minimum absolute atomic E-state index is 0.0860. The molecule has 3 aliphatic carbocycles. The maximum atomic E-state index is 12.4. The van der Waals surface area contributed by atoms with Gasteiger partial charge in [-0.3, -0.25) is 4.79 Å². The van der Waals surface area contributed by atoms with Crippen LogP contribution in [0.3, 0.4) is 0 Å². The van der Waals surface area contributed by atoms with E-state index < -0.39 is 0 Å². The fourth-order valence-corrected chi connectivity index (χ4v) is 6.77. The average molecular weight is 328 g/mol. The first-order valence-electron chi connectivity index (χ1n) is 9.01. The van der Waals surface area contributed by atoms with Gasteiger partial charge in [0.1, 0.15) is 11.7 Å². The van der Waals surface area contributed by atoms with Crippen LogP contribution < -0.4 is 0 Å². The Bertz CT molecular complexity index is 749. The second-order valence-electron chi connectivity index (χ2n) is 9.09. The molecule has 0 unspecified atom stereocenters. The summed E-state index contributed by atoms with van der Waals surface area (Å²) in [6.45, 7) is 8.68. The van der Waals surface area contributed by atoms with E-state index >= 15 is 0 Å². The summed E-state index contributed by atoms with van der Waals surface area (Å²) < 4.78 is 11.9. The number of carbonyl (C=O) groups excluding carboxylic acids is 2. The van der Waals surface area contributed by atoms with Crippen molar-refractivity contribution >= 4 is 11.8 Å². The first-order chi connectivity index (χ1) is 11.2. The first kappa shape index (κ1) is 14.9. The molecule has 4 heteroatoms. The highest BCUT2D eigenvalue weighted by atomic mass is 16.6. The quantitative estimate of drug-likeness (QED) is 0.507. The van der Waals surface area contributed by atoms with Crippen molar-refractivity contribution in [1.29, 1.82) is 0 Å². The highest BCUT2D eigenvalue weighted by Gasteiger charge is 2.74. The van der Waals surface area contributed by atoms with Crippen molar-refractivity contribution in [2.24, 2.45) is 22.7 Å². The van der Waals surface area contributed by atoms with Crippen molar-refractivity contribution in [2.45, 2.75) is 64.8 Å². The lowest BCUT2D eigenvalue weighted by Gasteiger charge is -2.63. The summed E-state index contributed by atoms with van der Waals surface area (Å²) in [4.78, 5) is 24.6. The number of hydrogen-bond donors (Lipinski definition) is 0. The fraction of sp³-hybridized carbons (Fsp3) is 0.700. The summed E-state index contributed by atoms with van der Waals surface area (Å²) in [6.07, 6.45) is 5.88. The van der Waals surface area contributed by atoms with Gasteiger partial charge in [-0.05, 0) is 55.6 Å². The molecule has 1 saturated heterocycles. The molecular formula is C20H24O4. The average Bonchev–Trinajstić information content (AvgIpc) is 3.14. The normalized spacial score (nSPS) is 54.7. The predicted molar refractivity (Wildman–Crippen MR) is 87.1 cm³/mol. The highest BCUT2D eigenvalue weighted by Crippen LogP contribution is 2.71. The van der Waals surface area contributed by atoms with E-state index in [1.54, 1.807) is 12.2 Å². The molecule has 3 fully saturated rings. The maximum absolute atomic E-state index is 12.4. The minimum Gasteiger partial charge on any atom is -0.458 e. The zero-order valence-electron chi connectivity index (χ0n) is 14.7. The lowest BCUT2D eigenvalue weighted by Crippen LogP contribution is -2.63. The molecule has 0 N–H and O–H groups in total. The maximum Gasteiger partial charge on any atom is 0.331 e. The number of carbonyl (C=O) groups is 2. The van der Waals surface area contributed by atoms with E-state index in [1.807, 2.05) is 0 Å². The van der Waals surface area contributed by atoms with Gasteiger partial charge in [-0.15, -0.1) is 0 Å². The summed E-state index contributed by atoms with van der Waals surface area (Å²) >= 11 is 0. The third-order valence-corrected chi connectivity index (χ3v) is 7.96. The van der Waals surface area contributed by atoms with Gasteiger partial charge in [0.2, 0.25) is 0 Å². The van der Waals surface area contributed by atoms with Gasteiger partial charge in [-0.1, -0.05) is 19.4 Å².